The van der Waals surface area contributed by atoms with Crippen LogP contribution in [0.25, 0.3) is 21.5 Å². The van der Waals surface area contributed by atoms with Crippen molar-refractivity contribution >= 4 is 95.8 Å². The first-order chi connectivity index (χ1) is 33.0. The summed E-state index contributed by atoms with van der Waals surface area (Å²) in [6.45, 7) is 14.1. The van der Waals surface area contributed by atoms with Crippen LogP contribution in [0.5, 0.6) is 0 Å². The lowest BCUT2D eigenvalue weighted by atomic mass is 9.33. The van der Waals surface area contributed by atoms with Crippen molar-refractivity contribution in [1.29, 1.82) is 0 Å². The van der Waals surface area contributed by atoms with E-state index in [2.05, 4.69) is 226 Å². The normalized spacial score (nSPS) is 14.8. The van der Waals surface area contributed by atoms with E-state index in [9.17, 15) is 0 Å². The van der Waals surface area contributed by atoms with Crippen molar-refractivity contribution in [3.63, 3.8) is 0 Å². The largest absolute Gasteiger partial charge is 0.311 e. The molecule has 0 amide bonds. The highest BCUT2D eigenvalue weighted by Gasteiger charge is 2.45. The van der Waals surface area contributed by atoms with Crippen LogP contribution in [0.15, 0.2) is 170 Å². The standard InChI is InChI=1S/C64H58BN3/c1-63(2,3)45-31-33-52-56(37-45)67(54-35-29-43-19-13-17-41-21-15-27-50(54)60(41)43)58-39-49(66(47-23-9-7-10-24-47)48-25-11-8-12-26-48)40-59-62(58)65(52)53-34-32-46(64(4,5)6)38-57(53)68(59)55-36-30-44-20-14-18-42-22-16-28-51(55)61(42)44/h7-12,15-16,21-40H,13-14,17-20H2,1-6H3. The van der Waals surface area contributed by atoms with E-state index in [-0.39, 0.29) is 17.5 Å². The first-order valence-corrected chi connectivity index (χ1v) is 25.1. The highest BCUT2D eigenvalue weighted by atomic mass is 15.2. The summed E-state index contributed by atoms with van der Waals surface area (Å²) in [6, 6.07) is 65.8. The second kappa shape index (κ2) is 15.2. The topological polar surface area (TPSA) is 9.72 Å². The van der Waals surface area contributed by atoms with Gasteiger partial charge in [0, 0.05) is 44.9 Å². The molecule has 4 aliphatic rings. The highest BCUT2D eigenvalue weighted by Crippen LogP contribution is 2.52. The molecule has 332 valence electrons. The van der Waals surface area contributed by atoms with Gasteiger partial charge in [-0.25, -0.2) is 0 Å². The third kappa shape index (κ3) is 6.33. The number of anilines is 9. The van der Waals surface area contributed by atoms with E-state index in [1.807, 2.05) is 0 Å². The number of fused-ring (bicyclic) bond motifs is 4. The lowest BCUT2D eigenvalue weighted by molar-refractivity contribution is 0.590. The van der Waals surface area contributed by atoms with Gasteiger partial charge in [0.05, 0.1) is 17.1 Å². The van der Waals surface area contributed by atoms with E-state index < -0.39 is 0 Å². The number of benzene rings is 9. The maximum Gasteiger partial charge on any atom is 0.252 e. The van der Waals surface area contributed by atoms with E-state index in [1.165, 1.54) is 118 Å². The Bertz CT molecular complexity index is 3260. The number of hydrogen-bond donors (Lipinski definition) is 0. The van der Waals surface area contributed by atoms with Crippen LogP contribution in [0.4, 0.5) is 51.2 Å². The molecule has 9 aromatic rings. The van der Waals surface area contributed by atoms with Gasteiger partial charge in [0.2, 0.25) is 0 Å². The van der Waals surface area contributed by atoms with E-state index >= 15 is 0 Å². The van der Waals surface area contributed by atoms with Gasteiger partial charge in [0.25, 0.3) is 6.71 Å². The average molecular weight is 880 g/mol. The smallest absolute Gasteiger partial charge is 0.252 e. The molecule has 0 bridgehead atoms. The van der Waals surface area contributed by atoms with E-state index in [4.69, 9.17) is 0 Å². The van der Waals surface area contributed by atoms with Gasteiger partial charge in [0.1, 0.15) is 0 Å². The fraction of sp³-hybridized carbons (Fsp3) is 0.219. The van der Waals surface area contributed by atoms with Crippen LogP contribution in [0, 0.1) is 0 Å². The Morgan fingerprint density at radius 1 is 0.382 bits per heavy atom. The Hall–Kier alpha value is -7.04. The maximum atomic E-state index is 2.68. The average Bonchev–Trinajstić information content (AvgIpc) is 3.35. The van der Waals surface area contributed by atoms with Gasteiger partial charge in [-0.1, -0.05) is 151 Å². The third-order valence-corrected chi connectivity index (χ3v) is 15.7. The number of aryl methyl sites for hydroxylation is 4. The maximum absolute atomic E-state index is 2.68. The highest BCUT2D eigenvalue weighted by molar-refractivity contribution is 7.00. The predicted molar refractivity (Wildman–Crippen MR) is 292 cm³/mol. The van der Waals surface area contributed by atoms with E-state index in [1.54, 1.807) is 0 Å². The first kappa shape index (κ1) is 41.2. The van der Waals surface area contributed by atoms with Gasteiger partial charge in [-0.15, -0.1) is 0 Å². The molecule has 0 saturated carbocycles. The molecule has 13 rings (SSSR count). The van der Waals surface area contributed by atoms with Crippen molar-refractivity contribution in [2.24, 2.45) is 0 Å². The molecule has 0 aromatic heterocycles. The predicted octanol–water partition coefficient (Wildman–Crippen LogP) is 15.1. The number of nitrogens with zero attached hydrogens (tertiary/aromatic N) is 3. The number of hydrogen-bond acceptors (Lipinski definition) is 3. The zero-order valence-electron chi connectivity index (χ0n) is 40.3. The van der Waals surface area contributed by atoms with Crippen molar-refractivity contribution in [1.82, 2.24) is 0 Å². The molecular weight excluding hydrogens is 822 g/mol. The van der Waals surface area contributed by atoms with Gasteiger partial charge < -0.3 is 14.7 Å². The summed E-state index contributed by atoms with van der Waals surface area (Å²) < 4.78 is 0. The van der Waals surface area contributed by atoms with Gasteiger partial charge in [-0.2, -0.15) is 0 Å². The summed E-state index contributed by atoms with van der Waals surface area (Å²) in [6.07, 6.45) is 6.86. The Morgan fingerprint density at radius 2 is 0.809 bits per heavy atom. The van der Waals surface area contributed by atoms with Crippen LogP contribution in [0.2, 0.25) is 0 Å². The van der Waals surface area contributed by atoms with Crippen LogP contribution in [0.1, 0.15) is 87.8 Å². The van der Waals surface area contributed by atoms with E-state index in [0.29, 0.717) is 0 Å². The zero-order valence-corrected chi connectivity index (χ0v) is 40.3. The minimum atomic E-state index is -0.0527. The quantitative estimate of drug-likeness (QED) is 0.160. The fourth-order valence-corrected chi connectivity index (χ4v) is 12.4. The number of rotatable bonds is 5. The third-order valence-electron chi connectivity index (χ3n) is 15.7. The van der Waals surface area contributed by atoms with Crippen LogP contribution in [0.3, 0.4) is 0 Å². The van der Waals surface area contributed by atoms with Gasteiger partial charge in [-0.05, 0) is 171 Å². The molecule has 2 aliphatic heterocycles. The van der Waals surface area contributed by atoms with Crippen molar-refractivity contribution < 1.29 is 0 Å². The molecule has 9 aromatic carbocycles. The molecule has 0 fully saturated rings. The molecule has 2 heterocycles. The van der Waals surface area contributed by atoms with Crippen molar-refractivity contribution in [2.45, 2.75) is 90.9 Å². The van der Waals surface area contributed by atoms with E-state index in [0.717, 1.165) is 42.7 Å². The fourth-order valence-electron chi connectivity index (χ4n) is 12.4. The minimum absolute atomic E-state index is 0.00329. The Labute approximate surface area is 402 Å². The van der Waals surface area contributed by atoms with Crippen LogP contribution in [-0.2, 0) is 36.5 Å². The van der Waals surface area contributed by atoms with Crippen LogP contribution in [-0.4, -0.2) is 6.71 Å². The molecule has 4 heteroatoms. The summed E-state index contributed by atoms with van der Waals surface area (Å²) in [5.74, 6) is 0. The summed E-state index contributed by atoms with van der Waals surface area (Å²) in [5.41, 5.74) is 23.3. The van der Waals surface area contributed by atoms with Crippen molar-refractivity contribution in [3.8, 4) is 0 Å². The van der Waals surface area contributed by atoms with Gasteiger partial charge >= 0.3 is 0 Å². The minimum Gasteiger partial charge on any atom is -0.311 e. The van der Waals surface area contributed by atoms with Crippen LogP contribution < -0.4 is 31.1 Å². The summed E-state index contributed by atoms with van der Waals surface area (Å²) in [4.78, 5) is 7.83. The van der Waals surface area contributed by atoms with Crippen molar-refractivity contribution in [3.05, 3.63) is 203 Å². The van der Waals surface area contributed by atoms with Gasteiger partial charge in [0.15, 0.2) is 0 Å². The lowest BCUT2D eigenvalue weighted by Crippen LogP contribution is -2.61. The first-order valence-electron chi connectivity index (χ1n) is 25.1. The lowest BCUT2D eigenvalue weighted by Gasteiger charge is -2.46. The molecule has 3 nitrogen and oxygen atoms in total. The monoisotopic (exact) mass is 879 g/mol. The Morgan fingerprint density at radius 3 is 1.24 bits per heavy atom. The molecular formula is C64H58BN3. The number of para-hydroxylation sites is 2. The van der Waals surface area contributed by atoms with Crippen molar-refractivity contribution in [2.75, 3.05) is 14.7 Å². The van der Waals surface area contributed by atoms with Crippen LogP contribution >= 0.6 is 0 Å². The molecule has 0 saturated heterocycles. The Kier molecular flexibility index (Phi) is 9.23. The SMILES string of the molecule is CC(C)(C)c1ccc2c(c1)N(c1ccc3c4c(cccc14)CCC3)c1cc(N(c3ccccc3)c3ccccc3)cc3c1B2c1ccc(C(C)(C)C)cc1N3c1ccc2c3c(cccc13)CCC2. The second-order valence-electron chi connectivity index (χ2n) is 21.9. The molecule has 0 spiro atoms. The molecule has 2 aliphatic carbocycles. The molecule has 0 radical (unpaired) electrons. The molecule has 0 unspecified atom stereocenters. The summed E-state index contributed by atoms with van der Waals surface area (Å²) >= 11 is 0. The zero-order chi connectivity index (χ0) is 46.1. The molecule has 0 atom stereocenters. The summed E-state index contributed by atoms with van der Waals surface area (Å²) in [7, 11) is 0. The molecule has 0 N–H and O–H groups in total. The molecule has 68 heavy (non-hydrogen) atoms. The second-order valence-corrected chi connectivity index (χ2v) is 21.9. The summed E-state index contributed by atoms with van der Waals surface area (Å²) in [5, 5.41) is 5.55. The van der Waals surface area contributed by atoms with Gasteiger partial charge in [-0.3, -0.25) is 0 Å². The Balaban J connectivity index is 1.20.